The zero-order valence-electron chi connectivity index (χ0n) is 10.6. The maximum atomic E-state index is 9.85. The Kier molecular flexibility index (Phi) is 6.86. The Hall–Kier alpha value is -0.900. The molecule has 0 aliphatic heterocycles. The predicted molar refractivity (Wildman–Crippen MR) is 67.9 cm³/mol. The van der Waals surface area contributed by atoms with E-state index in [2.05, 4.69) is 0 Å². The van der Waals surface area contributed by atoms with E-state index < -0.39 is 6.10 Å². The lowest BCUT2D eigenvalue weighted by Crippen LogP contribution is -2.11. The summed E-state index contributed by atoms with van der Waals surface area (Å²) in [6.07, 6.45) is 0.418. The van der Waals surface area contributed by atoms with Crippen LogP contribution < -0.4 is 0 Å². The number of rotatable bonds is 8. The number of benzene rings is 1. The topological polar surface area (TPSA) is 38.7 Å². The highest BCUT2D eigenvalue weighted by molar-refractivity contribution is 5.16. The Morgan fingerprint density at radius 3 is 2.41 bits per heavy atom. The Morgan fingerprint density at radius 2 is 1.76 bits per heavy atom. The second-order valence-corrected chi connectivity index (χ2v) is 4.25. The summed E-state index contributed by atoms with van der Waals surface area (Å²) in [4.78, 5) is 0. The number of ether oxygens (including phenoxy) is 2. The van der Waals surface area contributed by atoms with Crippen molar-refractivity contribution in [2.45, 2.75) is 32.5 Å². The molecule has 0 amide bonds. The van der Waals surface area contributed by atoms with E-state index >= 15 is 0 Å². The summed E-state index contributed by atoms with van der Waals surface area (Å²) in [7, 11) is 0. The molecule has 1 aromatic rings. The van der Waals surface area contributed by atoms with Crippen LogP contribution in [0, 0.1) is 0 Å². The van der Waals surface area contributed by atoms with Gasteiger partial charge in [0.25, 0.3) is 0 Å². The number of aliphatic hydroxyl groups excluding tert-OH is 1. The van der Waals surface area contributed by atoms with Crippen molar-refractivity contribution in [2.75, 3.05) is 19.8 Å². The van der Waals surface area contributed by atoms with Crippen molar-refractivity contribution in [2.24, 2.45) is 0 Å². The zero-order valence-corrected chi connectivity index (χ0v) is 10.6. The Bertz CT molecular complexity index is 285. The molecule has 1 aromatic carbocycles. The van der Waals surface area contributed by atoms with Crippen LogP contribution in [0.25, 0.3) is 0 Å². The van der Waals surface area contributed by atoms with Gasteiger partial charge in [0.1, 0.15) is 0 Å². The van der Waals surface area contributed by atoms with Crippen LogP contribution in [-0.4, -0.2) is 31.0 Å². The largest absolute Gasteiger partial charge is 0.388 e. The van der Waals surface area contributed by atoms with E-state index in [1.165, 1.54) is 0 Å². The van der Waals surface area contributed by atoms with Gasteiger partial charge in [-0.3, -0.25) is 0 Å². The second kappa shape index (κ2) is 8.23. The van der Waals surface area contributed by atoms with E-state index in [1.54, 1.807) is 0 Å². The first kappa shape index (κ1) is 14.2. The average Bonchev–Trinajstić information content (AvgIpc) is 2.34. The molecule has 0 aromatic heterocycles. The van der Waals surface area contributed by atoms with Crippen LogP contribution in [0.4, 0.5) is 0 Å². The summed E-state index contributed by atoms with van der Waals surface area (Å²) in [5.74, 6) is 0. The van der Waals surface area contributed by atoms with Gasteiger partial charge in [0, 0.05) is 13.0 Å². The molecule has 0 saturated heterocycles. The lowest BCUT2D eigenvalue weighted by atomic mass is 10.1. The minimum Gasteiger partial charge on any atom is -0.388 e. The molecule has 1 N–H and O–H groups in total. The highest BCUT2D eigenvalue weighted by atomic mass is 16.5. The quantitative estimate of drug-likeness (QED) is 0.707. The molecule has 0 radical (unpaired) electrons. The first-order valence-corrected chi connectivity index (χ1v) is 6.12. The summed E-state index contributed by atoms with van der Waals surface area (Å²) in [5.41, 5.74) is 0.939. The van der Waals surface area contributed by atoms with Crippen LogP contribution in [-0.2, 0) is 9.47 Å². The van der Waals surface area contributed by atoms with Crippen LogP contribution in [0.5, 0.6) is 0 Å². The molecule has 1 rings (SSSR count). The fourth-order valence-corrected chi connectivity index (χ4v) is 1.48. The molecular weight excluding hydrogens is 216 g/mol. The molecule has 0 saturated carbocycles. The van der Waals surface area contributed by atoms with Crippen LogP contribution >= 0.6 is 0 Å². The van der Waals surface area contributed by atoms with E-state index in [9.17, 15) is 5.11 Å². The third-order valence-corrected chi connectivity index (χ3v) is 2.40. The zero-order chi connectivity index (χ0) is 12.5. The molecule has 17 heavy (non-hydrogen) atoms. The first-order chi connectivity index (χ1) is 8.20. The lowest BCUT2D eigenvalue weighted by Gasteiger charge is -2.12. The molecule has 0 aliphatic rings. The van der Waals surface area contributed by atoms with Gasteiger partial charge >= 0.3 is 0 Å². The van der Waals surface area contributed by atoms with Crippen molar-refractivity contribution < 1.29 is 14.6 Å². The summed E-state index contributed by atoms with van der Waals surface area (Å²) >= 11 is 0. The van der Waals surface area contributed by atoms with E-state index in [0.717, 1.165) is 5.56 Å². The standard InChI is InChI=1S/C14H22O3/c1-12(2)17-11-10-16-9-8-14(15)13-6-4-3-5-7-13/h3-7,12,14-15H,8-11H2,1-2H3. The third-order valence-electron chi connectivity index (χ3n) is 2.40. The fraction of sp³-hybridized carbons (Fsp3) is 0.571. The van der Waals surface area contributed by atoms with Crippen molar-refractivity contribution >= 4 is 0 Å². The molecule has 0 aliphatic carbocycles. The lowest BCUT2D eigenvalue weighted by molar-refractivity contribution is 0.0102. The summed E-state index contributed by atoms with van der Waals surface area (Å²) in [6, 6.07) is 9.64. The summed E-state index contributed by atoms with van der Waals surface area (Å²) in [5, 5.41) is 9.85. The maximum Gasteiger partial charge on any atom is 0.0812 e. The highest BCUT2D eigenvalue weighted by Gasteiger charge is 2.05. The van der Waals surface area contributed by atoms with Gasteiger partial charge < -0.3 is 14.6 Å². The van der Waals surface area contributed by atoms with E-state index in [1.807, 2.05) is 44.2 Å². The summed E-state index contributed by atoms with van der Waals surface area (Å²) < 4.78 is 10.7. The smallest absolute Gasteiger partial charge is 0.0812 e. The van der Waals surface area contributed by atoms with Crippen LogP contribution in [0.1, 0.15) is 31.9 Å². The molecule has 3 heteroatoms. The molecular formula is C14H22O3. The Labute approximate surface area is 103 Å². The number of hydrogen-bond donors (Lipinski definition) is 1. The van der Waals surface area contributed by atoms with Gasteiger partial charge in [0.2, 0.25) is 0 Å². The molecule has 96 valence electrons. The van der Waals surface area contributed by atoms with Gasteiger partial charge in [-0.15, -0.1) is 0 Å². The van der Waals surface area contributed by atoms with Gasteiger partial charge in [-0.1, -0.05) is 30.3 Å². The molecule has 0 spiro atoms. The molecule has 1 atom stereocenters. The van der Waals surface area contributed by atoms with Crippen molar-refractivity contribution in [3.05, 3.63) is 35.9 Å². The van der Waals surface area contributed by atoms with Crippen molar-refractivity contribution in [3.8, 4) is 0 Å². The van der Waals surface area contributed by atoms with Crippen LogP contribution in [0.15, 0.2) is 30.3 Å². The van der Waals surface area contributed by atoms with Gasteiger partial charge in [0.05, 0.1) is 25.4 Å². The van der Waals surface area contributed by atoms with E-state index in [-0.39, 0.29) is 6.10 Å². The number of hydrogen-bond acceptors (Lipinski definition) is 3. The van der Waals surface area contributed by atoms with Gasteiger partial charge in [-0.05, 0) is 19.4 Å². The van der Waals surface area contributed by atoms with Gasteiger partial charge in [0.15, 0.2) is 0 Å². The maximum absolute atomic E-state index is 9.85. The van der Waals surface area contributed by atoms with Crippen LogP contribution in [0.2, 0.25) is 0 Å². The third kappa shape index (κ3) is 6.41. The SMILES string of the molecule is CC(C)OCCOCCC(O)c1ccccc1. The van der Waals surface area contributed by atoms with Crippen LogP contribution in [0.3, 0.4) is 0 Å². The first-order valence-electron chi connectivity index (χ1n) is 6.12. The fourth-order valence-electron chi connectivity index (χ4n) is 1.48. The predicted octanol–water partition coefficient (Wildman–Crippen LogP) is 2.55. The molecule has 0 heterocycles. The molecule has 0 bridgehead atoms. The van der Waals surface area contributed by atoms with E-state index in [0.29, 0.717) is 26.2 Å². The second-order valence-electron chi connectivity index (χ2n) is 4.25. The summed E-state index contributed by atoms with van der Waals surface area (Å²) in [6.45, 7) is 5.74. The molecule has 1 unspecified atom stereocenters. The Balaban J connectivity index is 2.07. The van der Waals surface area contributed by atoms with Crippen molar-refractivity contribution in [1.82, 2.24) is 0 Å². The molecule has 0 fully saturated rings. The van der Waals surface area contributed by atoms with Gasteiger partial charge in [-0.2, -0.15) is 0 Å². The highest BCUT2D eigenvalue weighted by Crippen LogP contribution is 2.15. The Morgan fingerprint density at radius 1 is 1.06 bits per heavy atom. The van der Waals surface area contributed by atoms with Gasteiger partial charge in [-0.25, -0.2) is 0 Å². The monoisotopic (exact) mass is 238 g/mol. The minimum atomic E-state index is -0.442. The van der Waals surface area contributed by atoms with Crippen molar-refractivity contribution in [1.29, 1.82) is 0 Å². The van der Waals surface area contributed by atoms with Crippen molar-refractivity contribution in [3.63, 3.8) is 0 Å². The average molecular weight is 238 g/mol. The normalized spacial score (nSPS) is 12.9. The minimum absolute atomic E-state index is 0.244. The molecule has 3 nitrogen and oxygen atoms in total. The van der Waals surface area contributed by atoms with E-state index in [4.69, 9.17) is 9.47 Å². The number of aliphatic hydroxyl groups is 1.